The molecule has 0 aromatic carbocycles. The van der Waals surface area contributed by atoms with Gasteiger partial charge in [-0.25, -0.2) is 9.50 Å². The molecule has 0 bridgehead atoms. The molecule has 0 saturated heterocycles. The molecule has 2 rings (SSSR count). The standard InChI is InChI=1S/C9H10BrN3.C2H6/c1-5-4-8(10)9-11-6(2)7(3)13(9)12-5;1-2/h4H,1-3H3;1-2H3. The van der Waals surface area contributed by atoms with Gasteiger partial charge in [0.15, 0.2) is 5.65 Å². The average Bonchev–Trinajstić information content (AvgIpc) is 2.49. The summed E-state index contributed by atoms with van der Waals surface area (Å²) in [5.74, 6) is 0. The van der Waals surface area contributed by atoms with E-state index in [0.29, 0.717) is 0 Å². The maximum atomic E-state index is 4.41. The Bertz CT molecular complexity index is 474. The topological polar surface area (TPSA) is 30.2 Å². The molecule has 0 aliphatic rings. The van der Waals surface area contributed by atoms with Gasteiger partial charge in [0.1, 0.15) is 0 Å². The number of imidazole rings is 1. The largest absolute Gasteiger partial charge is 0.231 e. The van der Waals surface area contributed by atoms with Crippen LogP contribution in [0, 0.1) is 20.8 Å². The number of hydrogen-bond donors (Lipinski definition) is 0. The summed E-state index contributed by atoms with van der Waals surface area (Å²) >= 11 is 3.47. The van der Waals surface area contributed by atoms with E-state index in [0.717, 1.165) is 27.2 Å². The summed E-state index contributed by atoms with van der Waals surface area (Å²) in [6.45, 7) is 9.99. The third-order valence-electron chi connectivity index (χ3n) is 2.12. The summed E-state index contributed by atoms with van der Waals surface area (Å²) in [5, 5.41) is 4.38. The molecular weight excluding hydrogens is 254 g/mol. The van der Waals surface area contributed by atoms with E-state index in [1.807, 2.05) is 45.2 Å². The second kappa shape index (κ2) is 4.75. The molecule has 0 radical (unpaired) electrons. The summed E-state index contributed by atoms with van der Waals surface area (Å²) in [4.78, 5) is 4.41. The van der Waals surface area contributed by atoms with Crippen LogP contribution in [0.1, 0.15) is 30.9 Å². The molecule has 4 heteroatoms. The van der Waals surface area contributed by atoms with Crippen LogP contribution in [-0.4, -0.2) is 14.6 Å². The predicted octanol–water partition coefficient (Wildman–Crippen LogP) is 3.44. The van der Waals surface area contributed by atoms with Crippen LogP contribution in [0.4, 0.5) is 0 Å². The lowest BCUT2D eigenvalue weighted by atomic mass is 10.4. The van der Waals surface area contributed by atoms with E-state index in [1.165, 1.54) is 0 Å². The Labute approximate surface area is 98.7 Å². The third kappa shape index (κ3) is 2.20. The molecule has 0 N–H and O–H groups in total. The molecule has 0 amide bonds. The molecule has 0 spiro atoms. The number of aryl methyl sites for hydroxylation is 3. The van der Waals surface area contributed by atoms with Crippen LogP contribution >= 0.6 is 15.9 Å². The minimum absolute atomic E-state index is 0.889. The van der Waals surface area contributed by atoms with Gasteiger partial charge in [0.25, 0.3) is 0 Å². The lowest BCUT2D eigenvalue weighted by molar-refractivity contribution is 0.864. The molecule has 3 nitrogen and oxygen atoms in total. The van der Waals surface area contributed by atoms with Gasteiger partial charge in [-0.05, 0) is 42.8 Å². The fourth-order valence-corrected chi connectivity index (χ4v) is 1.90. The highest BCUT2D eigenvalue weighted by atomic mass is 79.9. The van der Waals surface area contributed by atoms with Crippen molar-refractivity contribution in [2.24, 2.45) is 0 Å². The van der Waals surface area contributed by atoms with E-state index in [2.05, 4.69) is 26.0 Å². The van der Waals surface area contributed by atoms with E-state index in [9.17, 15) is 0 Å². The summed E-state index contributed by atoms with van der Waals surface area (Å²) in [7, 11) is 0. The smallest absolute Gasteiger partial charge is 0.168 e. The lowest BCUT2D eigenvalue weighted by Gasteiger charge is -1.98. The monoisotopic (exact) mass is 269 g/mol. The highest BCUT2D eigenvalue weighted by Gasteiger charge is 2.08. The number of rotatable bonds is 0. The highest BCUT2D eigenvalue weighted by Crippen LogP contribution is 2.19. The molecule has 0 aliphatic carbocycles. The van der Waals surface area contributed by atoms with E-state index in [1.54, 1.807) is 0 Å². The molecule has 0 fully saturated rings. The van der Waals surface area contributed by atoms with Crippen molar-refractivity contribution >= 4 is 21.6 Å². The lowest BCUT2D eigenvalue weighted by Crippen LogP contribution is -1.96. The molecule has 0 saturated carbocycles. The van der Waals surface area contributed by atoms with Crippen molar-refractivity contribution in [1.82, 2.24) is 14.6 Å². The second-order valence-electron chi connectivity index (χ2n) is 3.15. The summed E-state index contributed by atoms with van der Waals surface area (Å²) < 4.78 is 2.87. The summed E-state index contributed by atoms with van der Waals surface area (Å²) in [5.41, 5.74) is 4.00. The first-order valence-electron chi connectivity index (χ1n) is 5.08. The van der Waals surface area contributed by atoms with Gasteiger partial charge in [-0.3, -0.25) is 0 Å². The van der Waals surface area contributed by atoms with Crippen molar-refractivity contribution in [2.45, 2.75) is 34.6 Å². The van der Waals surface area contributed by atoms with Gasteiger partial charge >= 0.3 is 0 Å². The molecule has 2 aromatic heterocycles. The Morgan fingerprint density at radius 3 is 2.40 bits per heavy atom. The number of aromatic nitrogens is 3. The highest BCUT2D eigenvalue weighted by molar-refractivity contribution is 9.10. The van der Waals surface area contributed by atoms with Gasteiger partial charge in [-0.2, -0.15) is 5.10 Å². The maximum absolute atomic E-state index is 4.41. The Morgan fingerprint density at radius 2 is 1.80 bits per heavy atom. The number of fused-ring (bicyclic) bond motifs is 1. The first-order valence-corrected chi connectivity index (χ1v) is 5.88. The average molecular weight is 270 g/mol. The molecule has 0 atom stereocenters. The number of hydrogen-bond acceptors (Lipinski definition) is 2. The van der Waals surface area contributed by atoms with Gasteiger partial charge in [0, 0.05) is 0 Å². The van der Waals surface area contributed by atoms with Crippen molar-refractivity contribution in [3.63, 3.8) is 0 Å². The zero-order chi connectivity index (χ0) is 11.6. The Balaban J connectivity index is 0.000000531. The van der Waals surface area contributed by atoms with Crippen molar-refractivity contribution in [1.29, 1.82) is 0 Å². The van der Waals surface area contributed by atoms with Crippen LogP contribution in [0.2, 0.25) is 0 Å². The van der Waals surface area contributed by atoms with Crippen LogP contribution in [0.15, 0.2) is 10.5 Å². The fraction of sp³-hybridized carbons (Fsp3) is 0.455. The van der Waals surface area contributed by atoms with Crippen molar-refractivity contribution in [3.05, 3.63) is 27.6 Å². The van der Waals surface area contributed by atoms with Gasteiger partial charge in [0.05, 0.1) is 21.6 Å². The van der Waals surface area contributed by atoms with Gasteiger partial charge in [-0.15, -0.1) is 0 Å². The zero-order valence-electron chi connectivity index (χ0n) is 9.80. The van der Waals surface area contributed by atoms with Crippen molar-refractivity contribution in [3.8, 4) is 0 Å². The summed E-state index contributed by atoms with van der Waals surface area (Å²) in [6.07, 6.45) is 0. The minimum Gasteiger partial charge on any atom is -0.231 e. The van der Waals surface area contributed by atoms with Crippen molar-refractivity contribution in [2.75, 3.05) is 0 Å². The zero-order valence-corrected chi connectivity index (χ0v) is 11.4. The first-order chi connectivity index (χ1) is 7.09. The molecule has 0 aliphatic heterocycles. The van der Waals surface area contributed by atoms with Gasteiger partial charge in [0.2, 0.25) is 0 Å². The SMILES string of the molecule is CC.Cc1cc(Br)c2nc(C)c(C)n2n1. The number of halogens is 1. The molecule has 15 heavy (non-hydrogen) atoms. The Kier molecular flexibility index (Phi) is 3.85. The van der Waals surface area contributed by atoms with Gasteiger partial charge < -0.3 is 0 Å². The predicted molar refractivity (Wildman–Crippen MR) is 66.2 cm³/mol. The van der Waals surface area contributed by atoms with Crippen LogP contribution in [0.3, 0.4) is 0 Å². The number of nitrogens with zero attached hydrogens (tertiary/aromatic N) is 3. The quantitative estimate of drug-likeness (QED) is 0.734. The third-order valence-corrected chi connectivity index (χ3v) is 2.71. The van der Waals surface area contributed by atoms with Gasteiger partial charge in [-0.1, -0.05) is 13.8 Å². The molecule has 2 aromatic rings. The van der Waals surface area contributed by atoms with E-state index in [4.69, 9.17) is 0 Å². The molecular formula is C11H16BrN3. The van der Waals surface area contributed by atoms with Crippen molar-refractivity contribution < 1.29 is 0 Å². The Morgan fingerprint density at radius 1 is 1.20 bits per heavy atom. The second-order valence-corrected chi connectivity index (χ2v) is 4.01. The summed E-state index contributed by atoms with van der Waals surface area (Å²) in [6, 6.07) is 1.97. The maximum Gasteiger partial charge on any atom is 0.168 e. The fourth-order valence-electron chi connectivity index (χ4n) is 1.31. The molecule has 0 unspecified atom stereocenters. The first kappa shape index (κ1) is 12.2. The van der Waals surface area contributed by atoms with Crippen LogP contribution in [-0.2, 0) is 0 Å². The normalized spacial score (nSPS) is 10.0. The molecule has 82 valence electrons. The van der Waals surface area contributed by atoms with E-state index >= 15 is 0 Å². The Hall–Kier alpha value is -0.900. The van der Waals surface area contributed by atoms with E-state index < -0.39 is 0 Å². The molecule has 2 heterocycles. The van der Waals surface area contributed by atoms with Crippen LogP contribution in [0.5, 0.6) is 0 Å². The minimum atomic E-state index is 0.889. The van der Waals surface area contributed by atoms with E-state index in [-0.39, 0.29) is 0 Å². The van der Waals surface area contributed by atoms with Crippen LogP contribution in [0.25, 0.3) is 5.65 Å². The van der Waals surface area contributed by atoms with Crippen LogP contribution < -0.4 is 0 Å².